The van der Waals surface area contributed by atoms with Crippen molar-refractivity contribution in [3.05, 3.63) is 82.9 Å². The Labute approximate surface area is 194 Å². The van der Waals surface area contributed by atoms with Gasteiger partial charge in [0.15, 0.2) is 11.5 Å². The van der Waals surface area contributed by atoms with E-state index in [1.165, 1.54) is 5.56 Å². The fourth-order valence-electron chi connectivity index (χ4n) is 4.35. The van der Waals surface area contributed by atoms with Gasteiger partial charge in [0.2, 0.25) is 0 Å². The Bertz CT molecular complexity index is 1240. The maximum atomic E-state index is 13.6. The highest BCUT2D eigenvalue weighted by Crippen LogP contribution is 2.32. The van der Waals surface area contributed by atoms with Gasteiger partial charge < -0.3 is 9.80 Å². The van der Waals surface area contributed by atoms with Crippen molar-refractivity contribution >= 4 is 39.0 Å². The van der Waals surface area contributed by atoms with Crippen LogP contribution in [0.25, 0.3) is 5.65 Å². The van der Waals surface area contributed by atoms with Crippen molar-refractivity contribution in [3.63, 3.8) is 0 Å². The van der Waals surface area contributed by atoms with Crippen molar-refractivity contribution in [1.29, 1.82) is 0 Å². The standard InChI is InChI=1S/C24H23BrN6O/c1-29(19-8-5-11-26-14-19)23-20(15-27-22-21(25)16-28-31(22)23)24(32)30-12-9-18(10-13-30)17-6-3-2-4-7-17/h2-8,11,14-16,18H,9-10,12-13H2,1H3. The average Bonchev–Trinajstić information content (AvgIpc) is 3.24. The number of anilines is 2. The SMILES string of the molecule is CN(c1cccnc1)c1c(C(=O)N2CCC(c3ccccc3)CC2)cnc2c(Br)cnn12. The molecule has 1 aliphatic heterocycles. The Kier molecular flexibility index (Phi) is 5.61. The molecule has 1 aromatic carbocycles. The van der Waals surface area contributed by atoms with Gasteiger partial charge in [-0.3, -0.25) is 9.78 Å². The summed E-state index contributed by atoms with van der Waals surface area (Å²) >= 11 is 3.50. The molecule has 0 radical (unpaired) electrons. The minimum atomic E-state index is -0.0247. The summed E-state index contributed by atoms with van der Waals surface area (Å²) in [5.41, 5.74) is 3.40. The van der Waals surface area contributed by atoms with Crippen molar-refractivity contribution in [2.24, 2.45) is 0 Å². The summed E-state index contributed by atoms with van der Waals surface area (Å²) in [6.45, 7) is 1.44. The van der Waals surface area contributed by atoms with E-state index in [0.717, 1.165) is 36.1 Å². The molecule has 0 aliphatic carbocycles. The first kappa shape index (κ1) is 20.6. The molecule has 0 spiro atoms. The molecule has 0 N–H and O–H groups in total. The number of carbonyl (C=O) groups excluding carboxylic acids is 1. The van der Waals surface area contributed by atoms with Crippen LogP contribution in [-0.2, 0) is 0 Å². The second-order valence-corrected chi connectivity index (χ2v) is 8.83. The fourth-order valence-corrected chi connectivity index (χ4v) is 4.71. The second kappa shape index (κ2) is 8.70. The van der Waals surface area contributed by atoms with E-state index < -0.39 is 0 Å². The Hall–Kier alpha value is -3.26. The number of carbonyl (C=O) groups is 1. The summed E-state index contributed by atoms with van der Waals surface area (Å²) in [5.74, 6) is 1.13. The van der Waals surface area contributed by atoms with Crippen LogP contribution in [0.1, 0.15) is 34.7 Å². The minimum absolute atomic E-state index is 0.0247. The maximum Gasteiger partial charge on any atom is 0.259 e. The Morgan fingerprint density at radius 1 is 1.06 bits per heavy atom. The molecular formula is C24H23BrN6O. The zero-order valence-corrected chi connectivity index (χ0v) is 19.3. The molecule has 7 nitrogen and oxygen atoms in total. The van der Waals surface area contributed by atoms with Crippen molar-refractivity contribution in [1.82, 2.24) is 24.5 Å². The quantitative estimate of drug-likeness (QED) is 0.415. The molecule has 1 fully saturated rings. The molecule has 0 unspecified atom stereocenters. The van der Waals surface area contributed by atoms with Crippen LogP contribution in [0, 0.1) is 0 Å². The lowest BCUT2D eigenvalue weighted by atomic mass is 9.89. The van der Waals surface area contributed by atoms with E-state index in [1.807, 2.05) is 35.0 Å². The molecule has 0 saturated carbocycles. The van der Waals surface area contributed by atoms with Crippen LogP contribution in [0.2, 0.25) is 0 Å². The second-order valence-electron chi connectivity index (χ2n) is 7.97. The highest BCUT2D eigenvalue weighted by molar-refractivity contribution is 9.10. The molecule has 32 heavy (non-hydrogen) atoms. The molecule has 1 amide bonds. The lowest BCUT2D eigenvalue weighted by molar-refractivity contribution is 0.0713. The molecule has 162 valence electrons. The largest absolute Gasteiger partial charge is 0.338 e. The molecule has 1 aliphatic rings. The lowest BCUT2D eigenvalue weighted by Crippen LogP contribution is -2.38. The monoisotopic (exact) mass is 490 g/mol. The van der Waals surface area contributed by atoms with Gasteiger partial charge in [-0.15, -0.1) is 0 Å². The number of piperidine rings is 1. The van der Waals surface area contributed by atoms with Gasteiger partial charge in [0.05, 0.1) is 22.6 Å². The molecule has 3 aromatic heterocycles. The highest BCUT2D eigenvalue weighted by Gasteiger charge is 2.29. The number of nitrogens with zero attached hydrogens (tertiary/aromatic N) is 6. The number of pyridine rings is 1. The van der Waals surface area contributed by atoms with Crippen LogP contribution < -0.4 is 4.90 Å². The molecule has 1 saturated heterocycles. The fraction of sp³-hybridized carbons (Fsp3) is 0.250. The zero-order chi connectivity index (χ0) is 22.1. The third-order valence-electron chi connectivity index (χ3n) is 6.09. The molecular weight excluding hydrogens is 468 g/mol. The first-order valence-corrected chi connectivity index (χ1v) is 11.4. The van der Waals surface area contributed by atoms with Gasteiger partial charge in [-0.1, -0.05) is 30.3 Å². The van der Waals surface area contributed by atoms with E-state index in [4.69, 9.17) is 0 Å². The maximum absolute atomic E-state index is 13.6. The summed E-state index contributed by atoms with van der Waals surface area (Å²) in [5, 5.41) is 4.48. The van der Waals surface area contributed by atoms with Crippen molar-refractivity contribution < 1.29 is 4.79 Å². The number of hydrogen-bond donors (Lipinski definition) is 0. The van der Waals surface area contributed by atoms with Crippen molar-refractivity contribution in [2.75, 3.05) is 25.0 Å². The number of aromatic nitrogens is 4. The molecule has 8 heteroatoms. The molecule has 0 bridgehead atoms. The van der Waals surface area contributed by atoms with Crippen LogP contribution in [0.4, 0.5) is 11.5 Å². The topological polar surface area (TPSA) is 66.6 Å². The van der Waals surface area contributed by atoms with E-state index in [1.54, 1.807) is 29.3 Å². The Morgan fingerprint density at radius 3 is 2.56 bits per heavy atom. The molecule has 0 atom stereocenters. The number of benzene rings is 1. The van der Waals surface area contributed by atoms with Crippen LogP contribution >= 0.6 is 15.9 Å². The van der Waals surface area contributed by atoms with Gasteiger partial charge >= 0.3 is 0 Å². The van der Waals surface area contributed by atoms with E-state index in [0.29, 0.717) is 22.9 Å². The average molecular weight is 491 g/mol. The van der Waals surface area contributed by atoms with E-state index >= 15 is 0 Å². The third kappa shape index (κ3) is 3.75. The lowest BCUT2D eigenvalue weighted by Gasteiger charge is -2.33. The smallest absolute Gasteiger partial charge is 0.259 e. The zero-order valence-electron chi connectivity index (χ0n) is 17.7. The number of halogens is 1. The molecule has 4 aromatic rings. The van der Waals surface area contributed by atoms with Gasteiger partial charge in [0.1, 0.15) is 5.56 Å². The van der Waals surface area contributed by atoms with Gasteiger partial charge in [-0.25, -0.2) is 4.98 Å². The molecule has 5 rings (SSSR count). The van der Waals surface area contributed by atoms with Gasteiger partial charge in [-0.05, 0) is 52.4 Å². The molecule has 4 heterocycles. The minimum Gasteiger partial charge on any atom is -0.338 e. The van der Waals surface area contributed by atoms with Crippen LogP contribution in [0.15, 0.2) is 71.7 Å². The number of fused-ring (bicyclic) bond motifs is 1. The summed E-state index contributed by atoms with van der Waals surface area (Å²) in [4.78, 5) is 26.3. The number of likely N-dealkylation sites (tertiary alicyclic amines) is 1. The third-order valence-corrected chi connectivity index (χ3v) is 6.65. The summed E-state index contributed by atoms with van der Waals surface area (Å²) < 4.78 is 2.49. The van der Waals surface area contributed by atoms with Gasteiger partial charge in [0, 0.05) is 32.5 Å². The number of hydrogen-bond acceptors (Lipinski definition) is 5. The first-order valence-electron chi connectivity index (χ1n) is 10.6. The first-order chi connectivity index (χ1) is 15.6. The Balaban J connectivity index is 1.47. The van der Waals surface area contributed by atoms with Crippen LogP contribution in [-0.4, -0.2) is 50.5 Å². The van der Waals surface area contributed by atoms with E-state index in [-0.39, 0.29) is 5.91 Å². The van der Waals surface area contributed by atoms with Crippen LogP contribution in [0.5, 0.6) is 0 Å². The Morgan fingerprint density at radius 2 is 1.84 bits per heavy atom. The predicted molar refractivity (Wildman–Crippen MR) is 127 cm³/mol. The summed E-state index contributed by atoms with van der Waals surface area (Å²) in [6, 6.07) is 14.4. The van der Waals surface area contributed by atoms with Crippen molar-refractivity contribution in [2.45, 2.75) is 18.8 Å². The van der Waals surface area contributed by atoms with Gasteiger partial charge in [-0.2, -0.15) is 9.61 Å². The van der Waals surface area contributed by atoms with Crippen molar-refractivity contribution in [3.8, 4) is 0 Å². The number of rotatable bonds is 4. The van der Waals surface area contributed by atoms with E-state index in [2.05, 4.69) is 55.3 Å². The summed E-state index contributed by atoms with van der Waals surface area (Å²) in [6.07, 6.45) is 8.76. The van der Waals surface area contributed by atoms with Gasteiger partial charge in [0.25, 0.3) is 5.91 Å². The van der Waals surface area contributed by atoms with Crippen LogP contribution in [0.3, 0.4) is 0 Å². The van der Waals surface area contributed by atoms with E-state index in [9.17, 15) is 4.79 Å². The normalized spacial score (nSPS) is 14.6. The highest BCUT2D eigenvalue weighted by atomic mass is 79.9. The summed E-state index contributed by atoms with van der Waals surface area (Å²) in [7, 11) is 1.92. The number of amides is 1. The predicted octanol–water partition coefficient (Wildman–Crippen LogP) is 4.67.